The molecule has 0 aliphatic carbocycles. The van der Waals surface area contributed by atoms with Gasteiger partial charge in [0.2, 0.25) is 0 Å². The van der Waals surface area contributed by atoms with E-state index in [2.05, 4.69) is 17.0 Å². The van der Waals surface area contributed by atoms with Crippen molar-refractivity contribution in [3.8, 4) is 0 Å². The molecule has 2 atom stereocenters. The van der Waals surface area contributed by atoms with Crippen molar-refractivity contribution < 1.29 is 8.42 Å². The fraction of sp³-hybridized carbons (Fsp3) is 0.846. The van der Waals surface area contributed by atoms with E-state index in [4.69, 9.17) is 0 Å². The van der Waals surface area contributed by atoms with Gasteiger partial charge < -0.3 is 0 Å². The molecule has 0 spiro atoms. The largest absolute Gasteiger partial charge is 0.247 e. The third-order valence-electron chi connectivity index (χ3n) is 4.21. The molecule has 3 heterocycles. The Kier molecular flexibility index (Phi) is 3.37. The van der Waals surface area contributed by atoms with Crippen LogP contribution in [0.2, 0.25) is 0 Å². The van der Waals surface area contributed by atoms with Crippen LogP contribution in [0.1, 0.15) is 50.3 Å². The second kappa shape index (κ2) is 4.89. The topological polar surface area (TPSA) is 64.8 Å². The van der Waals surface area contributed by atoms with Crippen LogP contribution in [0.5, 0.6) is 0 Å². The summed E-state index contributed by atoms with van der Waals surface area (Å²) < 4.78 is 25.3. The first-order valence-electron chi connectivity index (χ1n) is 7.18. The van der Waals surface area contributed by atoms with Crippen LogP contribution in [-0.2, 0) is 22.7 Å². The quantitative estimate of drug-likeness (QED) is 0.826. The number of hydrogen-bond acceptors (Lipinski definition) is 4. The number of fused-ring (bicyclic) bond motifs is 1. The average Bonchev–Trinajstić information content (AvgIpc) is 2.71. The van der Waals surface area contributed by atoms with E-state index in [9.17, 15) is 8.42 Å². The van der Waals surface area contributed by atoms with Crippen molar-refractivity contribution >= 4 is 9.84 Å². The molecule has 0 N–H and O–H groups in total. The lowest BCUT2D eigenvalue weighted by atomic mass is 10.0. The molecule has 5 nitrogen and oxygen atoms in total. The normalized spacial score (nSPS) is 29.9. The Hall–Kier alpha value is -0.910. The molecule has 3 rings (SSSR count). The third kappa shape index (κ3) is 2.83. The van der Waals surface area contributed by atoms with Crippen molar-refractivity contribution in [2.45, 2.75) is 51.5 Å². The highest BCUT2D eigenvalue weighted by Crippen LogP contribution is 2.25. The minimum atomic E-state index is -2.83. The summed E-state index contributed by atoms with van der Waals surface area (Å²) in [7, 11) is -2.83. The van der Waals surface area contributed by atoms with Gasteiger partial charge in [-0.25, -0.2) is 18.1 Å². The lowest BCUT2D eigenvalue weighted by molar-refractivity contribution is 0.385. The van der Waals surface area contributed by atoms with Gasteiger partial charge in [-0.1, -0.05) is 0 Å². The zero-order valence-corrected chi connectivity index (χ0v) is 12.2. The number of aromatic nitrogens is 3. The van der Waals surface area contributed by atoms with Crippen LogP contribution >= 0.6 is 0 Å². The Morgan fingerprint density at radius 3 is 2.89 bits per heavy atom. The molecule has 2 aliphatic rings. The maximum atomic E-state index is 11.7. The molecule has 2 aliphatic heterocycles. The van der Waals surface area contributed by atoms with Crippen LogP contribution < -0.4 is 0 Å². The SMILES string of the molecule is CC1CCCc2nc(CC3CCCS(=O)(=O)C3)nn21. The number of aryl methyl sites for hydroxylation is 1. The Bertz CT molecular complexity index is 564. The maximum absolute atomic E-state index is 11.7. The molecule has 19 heavy (non-hydrogen) atoms. The number of nitrogens with zero attached hydrogens (tertiary/aromatic N) is 3. The lowest BCUT2D eigenvalue weighted by Crippen LogP contribution is -2.26. The van der Waals surface area contributed by atoms with E-state index in [0.717, 1.165) is 37.3 Å². The predicted octanol–water partition coefficient (Wildman–Crippen LogP) is 1.54. The number of sulfone groups is 1. The second-order valence-corrected chi connectivity index (χ2v) is 8.19. The van der Waals surface area contributed by atoms with Crippen LogP contribution in [0.15, 0.2) is 0 Å². The molecule has 106 valence electrons. The molecule has 0 aromatic carbocycles. The standard InChI is InChI=1S/C13H21N3O2S/c1-10-4-2-6-13-14-12(15-16(10)13)8-11-5-3-7-19(17,18)9-11/h10-11H,2-9H2,1H3. The van der Waals surface area contributed by atoms with Crippen LogP contribution in [0.25, 0.3) is 0 Å². The zero-order chi connectivity index (χ0) is 13.5. The van der Waals surface area contributed by atoms with E-state index in [-0.39, 0.29) is 5.92 Å². The van der Waals surface area contributed by atoms with E-state index in [0.29, 0.717) is 24.0 Å². The fourth-order valence-electron chi connectivity index (χ4n) is 3.23. The molecule has 1 aromatic rings. The smallest absolute Gasteiger partial charge is 0.151 e. The molecule has 2 unspecified atom stereocenters. The van der Waals surface area contributed by atoms with Gasteiger partial charge in [0.1, 0.15) is 5.82 Å². The molecule has 1 fully saturated rings. The number of hydrogen-bond donors (Lipinski definition) is 0. The molecule has 0 saturated carbocycles. The Morgan fingerprint density at radius 1 is 1.32 bits per heavy atom. The van der Waals surface area contributed by atoms with Crippen LogP contribution in [-0.4, -0.2) is 34.7 Å². The van der Waals surface area contributed by atoms with Crippen molar-refractivity contribution in [3.63, 3.8) is 0 Å². The first kappa shape index (κ1) is 13.1. The van der Waals surface area contributed by atoms with Crippen LogP contribution in [0.4, 0.5) is 0 Å². The first-order valence-corrected chi connectivity index (χ1v) is 9.00. The Balaban J connectivity index is 1.73. The molecule has 0 bridgehead atoms. The van der Waals surface area contributed by atoms with E-state index >= 15 is 0 Å². The molecule has 1 aromatic heterocycles. The summed E-state index contributed by atoms with van der Waals surface area (Å²) in [6.45, 7) is 2.17. The second-order valence-electron chi connectivity index (χ2n) is 5.96. The maximum Gasteiger partial charge on any atom is 0.151 e. The van der Waals surface area contributed by atoms with Crippen molar-refractivity contribution in [1.29, 1.82) is 0 Å². The highest BCUT2D eigenvalue weighted by atomic mass is 32.2. The Morgan fingerprint density at radius 2 is 2.16 bits per heavy atom. The van der Waals surface area contributed by atoms with Crippen LogP contribution in [0.3, 0.4) is 0 Å². The van der Waals surface area contributed by atoms with Gasteiger partial charge in [-0.3, -0.25) is 0 Å². The highest BCUT2D eigenvalue weighted by molar-refractivity contribution is 7.91. The van der Waals surface area contributed by atoms with Gasteiger partial charge in [0.05, 0.1) is 17.5 Å². The van der Waals surface area contributed by atoms with E-state index in [1.54, 1.807) is 0 Å². The van der Waals surface area contributed by atoms with E-state index in [1.165, 1.54) is 6.42 Å². The summed E-state index contributed by atoms with van der Waals surface area (Å²) in [5.41, 5.74) is 0. The molecule has 1 saturated heterocycles. The van der Waals surface area contributed by atoms with Crippen molar-refractivity contribution in [3.05, 3.63) is 11.6 Å². The van der Waals surface area contributed by atoms with Crippen molar-refractivity contribution in [1.82, 2.24) is 14.8 Å². The summed E-state index contributed by atoms with van der Waals surface area (Å²) in [4.78, 5) is 4.60. The molecule has 6 heteroatoms. The summed E-state index contributed by atoms with van der Waals surface area (Å²) >= 11 is 0. The van der Waals surface area contributed by atoms with Crippen LogP contribution in [0, 0.1) is 5.92 Å². The summed E-state index contributed by atoms with van der Waals surface area (Å²) in [5.74, 6) is 2.79. The first-order chi connectivity index (χ1) is 9.03. The predicted molar refractivity (Wildman–Crippen MR) is 72.8 cm³/mol. The lowest BCUT2D eigenvalue weighted by Gasteiger charge is -2.20. The third-order valence-corrected chi connectivity index (χ3v) is 6.10. The van der Waals surface area contributed by atoms with Gasteiger partial charge in [0, 0.05) is 12.8 Å². The summed E-state index contributed by atoms with van der Waals surface area (Å²) in [6, 6.07) is 0.431. The monoisotopic (exact) mass is 283 g/mol. The molecule has 0 amide bonds. The minimum absolute atomic E-state index is 0.207. The van der Waals surface area contributed by atoms with Gasteiger partial charge in [-0.2, -0.15) is 5.10 Å². The van der Waals surface area contributed by atoms with Crippen molar-refractivity contribution in [2.75, 3.05) is 11.5 Å². The highest BCUT2D eigenvalue weighted by Gasteiger charge is 2.27. The Labute approximate surface area is 114 Å². The van der Waals surface area contributed by atoms with E-state index < -0.39 is 9.84 Å². The van der Waals surface area contributed by atoms with Crippen molar-refractivity contribution in [2.24, 2.45) is 5.92 Å². The zero-order valence-electron chi connectivity index (χ0n) is 11.4. The summed E-state index contributed by atoms with van der Waals surface area (Å²) in [6.07, 6.45) is 5.83. The average molecular weight is 283 g/mol. The van der Waals surface area contributed by atoms with Gasteiger partial charge in [-0.05, 0) is 38.5 Å². The van der Waals surface area contributed by atoms with Gasteiger partial charge >= 0.3 is 0 Å². The van der Waals surface area contributed by atoms with E-state index in [1.807, 2.05) is 4.68 Å². The number of rotatable bonds is 2. The molecular weight excluding hydrogens is 262 g/mol. The van der Waals surface area contributed by atoms with Gasteiger partial charge in [-0.15, -0.1) is 0 Å². The molecule has 0 radical (unpaired) electrons. The molecular formula is C13H21N3O2S. The van der Waals surface area contributed by atoms with Gasteiger partial charge in [0.25, 0.3) is 0 Å². The fourth-order valence-corrected chi connectivity index (χ4v) is 5.01. The minimum Gasteiger partial charge on any atom is -0.247 e. The summed E-state index contributed by atoms with van der Waals surface area (Å²) in [5, 5.41) is 4.58. The van der Waals surface area contributed by atoms with Gasteiger partial charge in [0.15, 0.2) is 15.7 Å².